The lowest BCUT2D eigenvalue weighted by Gasteiger charge is -2.23. The van der Waals surface area contributed by atoms with Crippen LogP contribution in [-0.2, 0) is 19.7 Å². The number of benzene rings is 1. The first-order chi connectivity index (χ1) is 8.66. The topological polar surface area (TPSA) is 55.4 Å². The van der Waals surface area contributed by atoms with E-state index in [1.807, 2.05) is 6.07 Å². The Bertz CT molecular complexity index is 510. The molecular formula is C14H15NO3. The van der Waals surface area contributed by atoms with Crippen LogP contribution in [0.5, 0.6) is 0 Å². The van der Waals surface area contributed by atoms with E-state index in [4.69, 9.17) is 4.74 Å². The first-order valence-electron chi connectivity index (χ1n) is 5.86. The smallest absolute Gasteiger partial charge is 0.326 e. The Balaban J connectivity index is 2.56. The summed E-state index contributed by atoms with van der Waals surface area (Å²) in [7, 11) is 0. The number of rotatable bonds is 4. The number of ether oxygens (including phenoxy) is 1. The van der Waals surface area contributed by atoms with Crippen molar-refractivity contribution in [3.63, 3.8) is 0 Å². The minimum absolute atomic E-state index is 0.231. The summed E-state index contributed by atoms with van der Waals surface area (Å²) in [4.78, 5) is 24.4. The van der Waals surface area contributed by atoms with Gasteiger partial charge in [0.2, 0.25) is 5.91 Å². The van der Waals surface area contributed by atoms with Gasteiger partial charge in [-0.1, -0.05) is 24.3 Å². The summed E-state index contributed by atoms with van der Waals surface area (Å²) in [5.41, 5.74) is 0.0414. The number of carbonyl (C=O) groups is 2. The maximum absolute atomic E-state index is 12.2. The van der Waals surface area contributed by atoms with Crippen LogP contribution < -0.4 is 5.32 Å². The third kappa shape index (κ3) is 1.61. The number of anilines is 1. The van der Waals surface area contributed by atoms with Crippen molar-refractivity contribution < 1.29 is 14.3 Å². The molecule has 0 radical (unpaired) electrons. The van der Waals surface area contributed by atoms with Crippen LogP contribution >= 0.6 is 0 Å². The average Bonchev–Trinajstić information content (AvgIpc) is 2.64. The Labute approximate surface area is 106 Å². The summed E-state index contributed by atoms with van der Waals surface area (Å²) >= 11 is 0. The van der Waals surface area contributed by atoms with Crippen molar-refractivity contribution in [3.8, 4) is 0 Å². The van der Waals surface area contributed by atoms with Gasteiger partial charge in [0.25, 0.3) is 0 Å². The van der Waals surface area contributed by atoms with E-state index in [1.54, 1.807) is 31.2 Å². The predicted octanol–water partition coefficient (Wildman–Crippen LogP) is 2.02. The lowest BCUT2D eigenvalue weighted by Crippen LogP contribution is -2.43. The maximum atomic E-state index is 12.2. The monoisotopic (exact) mass is 245 g/mol. The summed E-state index contributed by atoms with van der Waals surface area (Å²) < 4.78 is 5.06. The van der Waals surface area contributed by atoms with Crippen LogP contribution in [0.15, 0.2) is 36.9 Å². The van der Waals surface area contributed by atoms with Gasteiger partial charge in [0, 0.05) is 11.3 Å². The molecule has 0 aliphatic carbocycles. The van der Waals surface area contributed by atoms with Crippen molar-refractivity contribution >= 4 is 17.6 Å². The Morgan fingerprint density at radius 3 is 2.89 bits per heavy atom. The van der Waals surface area contributed by atoms with E-state index in [1.165, 1.54) is 0 Å². The number of amides is 1. The molecule has 1 atom stereocenters. The molecule has 1 N–H and O–H groups in total. The van der Waals surface area contributed by atoms with Crippen molar-refractivity contribution in [3.05, 3.63) is 42.5 Å². The first-order valence-corrected chi connectivity index (χ1v) is 5.86. The zero-order valence-corrected chi connectivity index (χ0v) is 10.2. The fourth-order valence-corrected chi connectivity index (χ4v) is 2.28. The van der Waals surface area contributed by atoms with Gasteiger partial charge in [-0.25, -0.2) is 0 Å². The fraction of sp³-hybridized carbons (Fsp3) is 0.286. The number of fused-ring (bicyclic) bond motifs is 1. The van der Waals surface area contributed by atoms with E-state index in [0.29, 0.717) is 11.3 Å². The highest BCUT2D eigenvalue weighted by atomic mass is 16.5. The average molecular weight is 245 g/mol. The lowest BCUT2D eigenvalue weighted by atomic mass is 9.78. The second-order valence-corrected chi connectivity index (χ2v) is 4.12. The van der Waals surface area contributed by atoms with Crippen molar-refractivity contribution in [2.24, 2.45) is 0 Å². The molecule has 1 amide bonds. The first kappa shape index (κ1) is 12.4. The second-order valence-electron chi connectivity index (χ2n) is 4.12. The number of allylic oxidation sites excluding steroid dienone is 1. The molecule has 0 unspecified atom stereocenters. The summed E-state index contributed by atoms with van der Waals surface area (Å²) in [5.74, 6) is -0.866. The van der Waals surface area contributed by atoms with Gasteiger partial charge in [-0.05, 0) is 19.4 Å². The Morgan fingerprint density at radius 1 is 1.50 bits per heavy atom. The van der Waals surface area contributed by atoms with E-state index in [9.17, 15) is 9.59 Å². The van der Waals surface area contributed by atoms with Crippen LogP contribution in [0.4, 0.5) is 5.69 Å². The minimum atomic E-state index is -1.28. The Kier molecular flexibility index (Phi) is 3.19. The summed E-state index contributed by atoms with van der Waals surface area (Å²) in [6, 6.07) is 7.16. The standard InChI is InChI=1S/C14H15NO3/c1-3-9-14(13(17)18-4-2)10-7-5-6-8-11(10)15-12(14)16/h3,5-8H,1,4,9H2,2H3,(H,15,16)/t14-/m1/s1. The maximum Gasteiger partial charge on any atom is 0.326 e. The molecule has 0 spiro atoms. The van der Waals surface area contributed by atoms with Crippen LogP contribution in [0.2, 0.25) is 0 Å². The second kappa shape index (κ2) is 4.64. The van der Waals surface area contributed by atoms with E-state index >= 15 is 0 Å². The molecular weight excluding hydrogens is 230 g/mol. The van der Waals surface area contributed by atoms with Gasteiger partial charge >= 0.3 is 5.97 Å². The summed E-state index contributed by atoms with van der Waals surface area (Å²) in [6.07, 6.45) is 1.80. The summed E-state index contributed by atoms with van der Waals surface area (Å²) in [6.45, 7) is 5.60. The third-order valence-electron chi connectivity index (χ3n) is 3.10. The molecule has 0 fully saturated rings. The van der Waals surface area contributed by atoms with Gasteiger partial charge < -0.3 is 10.1 Å². The van der Waals surface area contributed by atoms with Crippen molar-refractivity contribution in [2.45, 2.75) is 18.8 Å². The molecule has 1 aliphatic rings. The highest BCUT2D eigenvalue weighted by Crippen LogP contribution is 2.41. The van der Waals surface area contributed by atoms with Crippen LogP contribution in [0.3, 0.4) is 0 Å². The quantitative estimate of drug-likeness (QED) is 0.501. The molecule has 0 bridgehead atoms. The van der Waals surface area contributed by atoms with Crippen LogP contribution in [0.1, 0.15) is 18.9 Å². The molecule has 2 rings (SSSR count). The predicted molar refractivity (Wildman–Crippen MR) is 68.2 cm³/mol. The number of para-hydroxylation sites is 1. The number of carbonyl (C=O) groups excluding carboxylic acids is 2. The molecule has 18 heavy (non-hydrogen) atoms. The van der Waals surface area contributed by atoms with Gasteiger partial charge in [-0.2, -0.15) is 0 Å². The van der Waals surface area contributed by atoms with Crippen molar-refractivity contribution in [1.82, 2.24) is 0 Å². The number of esters is 1. The SMILES string of the molecule is C=CC[C@]1(C(=O)OCC)C(=O)Nc2ccccc21. The molecule has 1 heterocycles. The van der Waals surface area contributed by atoms with Crippen molar-refractivity contribution in [1.29, 1.82) is 0 Å². The molecule has 94 valence electrons. The number of hydrogen-bond donors (Lipinski definition) is 1. The molecule has 0 saturated heterocycles. The normalized spacial score (nSPS) is 21.1. The number of hydrogen-bond acceptors (Lipinski definition) is 3. The largest absolute Gasteiger partial charge is 0.465 e. The molecule has 4 nitrogen and oxygen atoms in total. The van der Waals surface area contributed by atoms with Crippen LogP contribution in [-0.4, -0.2) is 18.5 Å². The molecule has 1 aromatic rings. The molecule has 1 aliphatic heterocycles. The van der Waals surface area contributed by atoms with Gasteiger partial charge in [0.1, 0.15) is 0 Å². The van der Waals surface area contributed by atoms with Gasteiger partial charge in [0.05, 0.1) is 6.61 Å². The van der Waals surface area contributed by atoms with Crippen LogP contribution in [0.25, 0.3) is 0 Å². The molecule has 0 aromatic heterocycles. The van der Waals surface area contributed by atoms with E-state index < -0.39 is 11.4 Å². The number of nitrogens with one attached hydrogen (secondary N) is 1. The Morgan fingerprint density at radius 2 is 2.22 bits per heavy atom. The molecule has 1 aromatic carbocycles. The zero-order valence-electron chi connectivity index (χ0n) is 10.2. The minimum Gasteiger partial charge on any atom is -0.465 e. The van der Waals surface area contributed by atoms with E-state index in [2.05, 4.69) is 11.9 Å². The lowest BCUT2D eigenvalue weighted by molar-refractivity contribution is -0.153. The molecule has 0 saturated carbocycles. The zero-order chi connectivity index (χ0) is 13.2. The summed E-state index contributed by atoms with van der Waals surface area (Å²) in [5, 5.41) is 2.72. The molecule has 4 heteroatoms. The Hall–Kier alpha value is -2.10. The van der Waals surface area contributed by atoms with Gasteiger partial charge in [0.15, 0.2) is 5.41 Å². The fourth-order valence-electron chi connectivity index (χ4n) is 2.28. The third-order valence-corrected chi connectivity index (χ3v) is 3.10. The van der Waals surface area contributed by atoms with Crippen LogP contribution in [0, 0.1) is 0 Å². The highest BCUT2D eigenvalue weighted by Gasteiger charge is 2.53. The highest BCUT2D eigenvalue weighted by molar-refractivity contribution is 6.19. The van der Waals surface area contributed by atoms with Crippen molar-refractivity contribution in [2.75, 3.05) is 11.9 Å². The van der Waals surface area contributed by atoms with E-state index in [0.717, 1.165) is 0 Å². The van der Waals surface area contributed by atoms with Gasteiger partial charge in [-0.3, -0.25) is 9.59 Å². The van der Waals surface area contributed by atoms with E-state index in [-0.39, 0.29) is 18.9 Å². The van der Waals surface area contributed by atoms with Gasteiger partial charge in [-0.15, -0.1) is 6.58 Å².